The largest absolute Gasteiger partial charge is 0.444 e. The molecule has 0 aliphatic rings. The predicted octanol–water partition coefficient (Wildman–Crippen LogP) is 1.34. The van der Waals surface area contributed by atoms with Gasteiger partial charge in [-0.1, -0.05) is 0 Å². The van der Waals surface area contributed by atoms with E-state index >= 15 is 0 Å². The van der Waals surface area contributed by atoms with Crippen LogP contribution < -0.4 is 5.73 Å². The Morgan fingerprint density at radius 1 is 1.41 bits per heavy atom. The van der Waals surface area contributed by atoms with Gasteiger partial charge in [-0.15, -0.1) is 0 Å². The molecule has 5 heteroatoms. The van der Waals surface area contributed by atoms with E-state index in [1.807, 2.05) is 27.7 Å². The van der Waals surface area contributed by atoms with Crippen LogP contribution in [-0.4, -0.2) is 46.9 Å². The van der Waals surface area contributed by atoms with Crippen LogP contribution in [0.3, 0.4) is 0 Å². The molecular weight excluding hydrogens is 220 g/mol. The zero-order valence-electron chi connectivity index (χ0n) is 11.6. The summed E-state index contributed by atoms with van der Waals surface area (Å²) in [4.78, 5) is 13.4. The summed E-state index contributed by atoms with van der Waals surface area (Å²) in [6.07, 6.45) is -0.291. The minimum atomic E-state index is -0.574. The first-order valence-electron chi connectivity index (χ1n) is 6.03. The molecule has 1 amide bonds. The monoisotopic (exact) mass is 246 g/mol. The Kier molecular flexibility index (Phi) is 6.49. The van der Waals surface area contributed by atoms with Crippen molar-refractivity contribution in [2.45, 2.75) is 58.8 Å². The second-order valence-corrected chi connectivity index (χ2v) is 5.54. The van der Waals surface area contributed by atoms with E-state index in [0.717, 1.165) is 0 Å². The molecular formula is C12H26N2O3. The number of hydrogen-bond acceptors (Lipinski definition) is 4. The minimum Gasteiger partial charge on any atom is -0.444 e. The van der Waals surface area contributed by atoms with Gasteiger partial charge in [-0.2, -0.15) is 0 Å². The lowest BCUT2D eigenvalue weighted by Gasteiger charge is -2.28. The van der Waals surface area contributed by atoms with Crippen molar-refractivity contribution in [1.82, 2.24) is 4.90 Å². The first-order chi connectivity index (χ1) is 7.61. The van der Waals surface area contributed by atoms with E-state index in [2.05, 4.69) is 0 Å². The third kappa shape index (κ3) is 8.94. The average molecular weight is 246 g/mol. The third-order valence-electron chi connectivity index (χ3n) is 1.99. The van der Waals surface area contributed by atoms with Gasteiger partial charge in [0.2, 0.25) is 0 Å². The lowest BCUT2D eigenvalue weighted by Crippen LogP contribution is -2.42. The molecule has 102 valence electrons. The van der Waals surface area contributed by atoms with E-state index in [9.17, 15) is 9.90 Å². The van der Waals surface area contributed by atoms with Gasteiger partial charge in [0.15, 0.2) is 0 Å². The van der Waals surface area contributed by atoms with E-state index < -0.39 is 17.8 Å². The van der Waals surface area contributed by atoms with Crippen LogP contribution in [0, 0.1) is 0 Å². The molecule has 0 aromatic heterocycles. The predicted molar refractivity (Wildman–Crippen MR) is 67.8 cm³/mol. The van der Waals surface area contributed by atoms with Gasteiger partial charge in [-0.25, -0.2) is 4.79 Å². The molecule has 0 heterocycles. The molecule has 3 N–H and O–H groups in total. The SMILES string of the molecule is CC(O)CN(CC[C@H](C)N)C(=O)OC(C)(C)C. The quantitative estimate of drug-likeness (QED) is 0.767. The van der Waals surface area contributed by atoms with Crippen molar-refractivity contribution in [3.63, 3.8) is 0 Å². The Balaban J connectivity index is 4.40. The van der Waals surface area contributed by atoms with Crippen LogP contribution >= 0.6 is 0 Å². The van der Waals surface area contributed by atoms with Gasteiger partial charge in [0.25, 0.3) is 0 Å². The summed E-state index contributed by atoms with van der Waals surface area (Å²) in [6, 6.07) is 0.0222. The summed E-state index contributed by atoms with van der Waals surface area (Å²) in [5.74, 6) is 0. The molecule has 0 rings (SSSR count). The van der Waals surface area contributed by atoms with Gasteiger partial charge in [0, 0.05) is 19.1 Å². The number of aliphatic hydroxyl groups is 1. The first kappa shape index (κ1) is 16.2. The third-order valence-corrected chi connectivity index (χ3v) is 1.99. The molecule has 0 aliphatic carbocycles. The van der Waals surface area contributed by atoms with Crippen molar-refractivity contribution in [2.24, 2.45) is 5.73 Å². The van der Waals surface area contributed by atoms with Gasteiger partial charge >= 0.3 is 6.09 Å². The van der Waals surface area contributed by atoms with Crippen LogP contribution in [0.2, 0.25) is 0 Å². The van der Waals surface area contributed by atoms with E-state index in [1.54, 1.807) is 6.92 Å². The zero-order chi connectivity index (χ0) is 13.6. The molecule has 2 atom stereocenters. The standard InChI is InChI=1S/C12H26N2O3/c1-9(13)6-7-14(8-10(2)15)11(16)17-12(3,4)5/h9-10,15H,6-8,13H2,1-5H3/t9-,10?/m0/s1. The molecule has 0 saturated heterocycles. The molecule has 0 radical (unpaired) electrons. The van der Waals surface area contributed by atoms with Crippen molar-refractivity contribution in [3.8, 4) is 0 Å². The number of nitrogens with two attached hydrogens (primary N) is 1. The molecule has 0 spiro atoms. The summed E-state index contributed by atoms with van der Waals surface area (Å²) in [5, 5.41) is 9.35. The summed E-state index contributed by atoms with van der Waals surface area (Å²) in [6.45, 7) is 9.74. The molecule has 0 aliphatic heterocycles. The molecule has 0 aromatic rings. The smallest absolute Gasteiger partial charge is 0.410 e. The van der Waals surface area contributed by atoms with Crippen LogP contribution in [-0.2, 0) is 4.74 Å². The summed E-state index contributed by atoms with van der Waals surface area (Å²) in [5.41, 5.74) is 5.13. The van der Waals surface area contributed by atoms with Gasteiger partial charge in [0.1, 0.15) is 5.60 Å². The fourth-order valence-corrected chi connectivity index (χ4v) is 1.26. The normalized spacial score (nSPS) is 15.2. The molecule has 17 heavy (non-hydrogen) atoms. The van der Waals surface area contributed by atoms with Gasteiger partial charge in [-0.05, 0) is 41.0 Å². The van der Waals surface area contributed by atoms with Crippen LogP contribution in [0.5, 0.6) is 0 Å². The Labute approximate surface area is 104 Å². The fraction of sp³-hybridized carbons (Fsp3) is 0.917. The lowest BCUT2D eigenvalue weighted by atomic mass is 10.2. The summed E-state index contributed by atoms with van der Waals surface area (Å²) < 4.78 is 5.27. The van der Waals surface area contributed by atoms with Crippen LogP contribution in [0.15, 0.2) is 0 Å². The highest BCUT2D eigenvalue weighted by Gasteiger charge is 2.22. The van der Waals surface area contributed by atoms with Gasteiger partial charge < -0.3 is 20.5 Å². The van der Waals surface area contributed by atoms with Crippen molar-refractivity contribution < 1.29 is 14.6 Å². The fourth-order valence-electron chi connectivity index (χ4n) is 1.26. The van der Waals surface area contributed by atoms with E-state index in [0.29, 0.717) is 13.0 Å². The first-order valence-corrected chi connectivity index (χ1v) is 6.03. The van der Waals surface area contributed by atoms with Crippen LogP contribution in [0.25, 0.3) is 0 Å². The molecule has 1 unspecified atom stereocenters. The number of rotatable bonds is 5. The highest BCUT2D eigenvalue weighted by atomic mass is 16.6. The molecule has 0 bridgehead atoms. The van der Waals surface area contributed by atoms with E-state index in [4.69, 9.17) is 10.5 Å². The Morgan fingerprint density at radius 3 is 2.29 bits per heavy atom. The Morgan fingerprint density at radius 2 is 1.94 bits per heavy atom. The summed E-state index contributed by atoms with van der Waals surface area (Å²) in [7, 11) is 0. The van der Waals surface area contributed by atoms with Crippen LogP contribution in [0.1, 0.15) is 41.0 Å². The Bertz CT molecular complexity index is 234. The topological polar surface area (TPSA) is 75.8 Å². The number of ether oxygens (including phenoxy) is 1. The molecule has 0 aromatic carbocycles. The van der Waals surface area contributed by atoms with Crippen molar-refractivity contribution >= 4 is 6.09 Å². The number of nitrogens with zero attached hydrogens (tertiary/aromatic N) is 1. The summed E-state index contributed by atoms with van der Waals surface area (Å²) >= 11 is 0. The highest BCUT2D eigenvalue weighted by Crippen LogP contribution is 2.11. The van der Waals surface area contributed by atoms with E-state index in [1.165, 1.54) is 4.90 Å². The lowest BCUT2D eigenvalue weighted by molar-refractivity contribution is 0.0157. The minimum absolute atomic E-state index is 0.0222. The van der Waals surface area contributed by atoms with Crippen molar-refractivity contribution in [1.29, 1.82) is 0 Å². The highest BCUT2D eigenvalue weighted by molar-refractivity contribution is 5.68. The number of aliphatic hydroxyl groups excluding tert-OH is 1. The van der Waals surface area contributed by atoms with Gasteiger partial charge in [-0.3, -0.25) is 0 Å². The second-order valence-electron chi connectivity index (χ2n) is 5.54. The maximum absolute atomic E-state index is 11.9. The Hall–Kier alpha value is -0.810. The molecule has 5 nitrogen and oxygen atoms in total. The number of amides is 1. The number of carbonyl (C=O) groups excluding carboxylic acids is 1. The van der Waals surface area contributed by atoms with E-state index in [-0.39, 0.29) is 12.6 Å². The average Bonchev–Trinajstić information content (AvgIpc) is 2.08. The maximum atomic E-state index is 11.9. The molecule has 0 saturated carbocycles. The zero-order valence-corrected chi connectivity index (χ0v) is 11.6. The molecule has 0 fully saturated rings. The van der Waals surface area contributed by atoms with Gasteiger partial charge in [0.05, 0.1) is 6.10 Å². The number of hydrogen-bond donors (Lipinski definition) is 2. The maximum Gasteiger partial charge on any atom is 0.410 e. The number of carbonyl (C=O) groups is 1. The second kappa shape index (κ2) is 6.81. The van der Waals surface area contributed by atoms with Crippen LogP contribution in [0.4, 0.5) is 4.79 Å². The van der Waals surface area contributed by atoms with Crippen molar-refractivity contribution in [2.75, 3.05) is 13.1 Å². The van der Waals surface area contributed by atoms with Crippen molar-refractivity contribution in [3.05, 3.63) is 0 Å².